The van der Waals surface area contributed by atoms with E-state index in [1.807, 2.05) is 43.3 Å². The van der Waals surface area contributed by atoms with Gasteiger partial charge in [0, 0.05) is 11.3 Å². The molecular formula is C32H26FIN2O4. The summed E-state index contributed by atoms with van der Waals surface area (Å²) in [6.07, 6.45) is 1.48. The number of anilines is 1. The topological polar surface area (TPSA) is 80.6 Å². The Hall–Kier alpha value is -4.36. The summed E-state index contributed by atoms with van der Waals surface area (Å²) in [5.74, 6) is 0.650. The average molecular weight is 648 g/mol. The highest BCUT2D eigenvalue weighted by atomic mass is 127. The Kier molecular flexibility index (Phi) is 10.1. The summed E-state index contributed by atoms with van der Waals surface area (Å²) in [4.78, 5) is 12.9. The first-order chi connectivity index (χ1) is 19.5. The summed E-state index contributed by atoms with van der Waals surface area (Å²) >= 11 is 2.09. The number of ether oxygens (including phenoxy) is 3. The molecule has 0 radical (unpaired) electrons. The molecule has 4 aromatic rings. The predicted octanol–water partition coefficient (Wildman–Crippen LogP) is 7.53. The van der Waals surface area contributed by atoms with Gasteiger partial charge in [0.15, 0.2) is 11.5 Å². The molecule has 0 bridgehead atoms. The van der Waals surface area contributed by atoms with Gasteiger partial charge in [0.25, 0.3) is 5.91 Å². The number of carbonyl (C=O) groups excluding carboxylic acids is 1. The molecule has 0 aromatic heterocycles. The van der Waals surface area contributed by atoms with Crippen molar-refractivity contribution < 1.29 is 23.4 Å². The monoisotopic (exact) mass is 648 g/mol. The third-order valence-electron chi connectivity index (χ3n) is 5.70. The van der Waals surface area contributed by atoms with E-state index in [1.54, 1.807) is 54.6 Å². The maximum Gasteiger partial charge on any atom is 0.266 e. The fourth-order valence-electron chi connectivity index (χ4n) is 3.73. The molecule has 0 saturated heterocycles. The summed E-state index contributed by atoms with van der Waals surface area (Å²) < 4.78 is 32.2. The van der Waals surface area contributed by atoms with Crippen LogP contribution in [0.15, 0.2) is 96.6 Å². The van der Waals surface area contributed by atoms with E-state index in [1.165, 1.54) is 12.1 Å². The van der Waals surface area contributed by atoms with E-state index < -0.39 is 5.91 Å². The van der Waals surface area contributed by atoms with Crippen molar-refractivity contribution >= 4 is 40.3 Å². The van der Waals surface area contributed by atoms with E-state index >= 15 is 0 Å². The van der Waals surface area contributed by atoms with E-state index in [9.17, 15) is 14.4 Å². The van der Waals surface area contributed by atoms with Crippen molar-refractivity contribution in [2.75, 3.05) is 11.9 Å². The highest BCUT2D eigenvalue weighted by Gasteiger charge is 2.15. The molecule has 6 nitrogen and oxygen atoms in total. The number of hydrogen-bond donors (Lipinski definition) is 1. The van der Waals surface area contributed by atoms with Gasteiger partial charge in [-0.05, 0) is 89.2 Å². The maximum atomic E-state index is 14.0. The molecule has 4 aromatic carbocycles. The van der Waals surface area contributed by atoms with Crippen molar-refractivity contribution in [2.45, 2.75) is 20.1 Å². The minimum absolute atomic E-state index is 0.0277. The highest BCUT2D eigenvalue weighted by Crippen LogP contribution is 2.35. The molecule has 1 amide bonds. The summed E-state index contributed by atoms with van der Waals surface area (Å²) in [5.41, 5.74) is 2.50. The van der Waals surface area contributed by atoms with Crippen LogP contribution in [-0.2, 0) is 18.0 Å². The third kappa shape index (κ3) is 7.83. The smallest absolute Gasteiger partial charge is 0.266 e. The Bertz CT molecular complexity index is 1530. The molecule has 0 unspecified atom stereocenters. The van der Waals surface area contributed by atoms with Gasteiger partial charge in [-0.3, -0.25) is 4.79 Å². The van der Waals surface area contributed by atoms with Crippen LogP contribution in [0.2, 0.25) is 0 Å². The molecule has 40 heavy (non-hydrogen) atoms. The lowest BCUT2D eigenvalue weighted by molar-refractivity contribution is -0.112. The first kappa shape index (κ1) is 28.6. The van der Waals surface area contributed by atoms with E-state index in [-0.39, 0.29) is 18.0 Å². The maximum absolute atomic E-state index is 14.0. The van der Waals surface area contributed by atoms with Crippen LogP contribution in [0.5, 0.6) is 17.2 Å². The first-order valence-electron chi connectivity index (χ1n) is 12.5. The van der Waals surface area contributed by atoms with Crippen LogP contribution in [-0.4, -0.2) is 12.5 Å². The van der Waals surface area contributed by atoms with Crippen molar-refractivity contribution in [3.8, 4) is 23.3 Å². The summed E-state index contributed by atoms with van der Waals surface area (Å²) in [6, 6.07) is 28.6. The van der Waals surface area contributed by atoms with Gasteiger partial charge in [0.2, 0.25) is 0 Å². The van der Waals surface area contributed by atoms with Crippen molar-refractivity contribution in [3.63, 3.8) is 0 Å². The van der Waals surface area contributed by atoms with Crippen LogP contribution < -0.4 is 19.5 Å². The van der Waals surface area contributed by atoms with Crippen molar-refractivity contribution in [1.29, 1.82) is 5.26 Å². The zero-order valence-electron chi connectivity index (χ0n) is 21.7. The molecule has 0 saturated carbocycles. The zero-order valence-corrected chi connectivity index (χ0v) is 23.9. The number of hydrogen-bond acceptors (Lipinski definition) is 5. The third-order valence-corrected chi connectivity index (χ3v) is 6.50. The molecule has 4 rings (SSSR count). The van der Waals surface area contributed by atoms with Crippen LogP contribution >= 0.6 is 22.6 Å². The Balaban J connectivity index is 1.45. The molecule has 0 aliphatic carbocycles. The van der Waals surface area contributed by atoms with Gasteiger partial charge in [0.1, 0.15) is 36.4 Å². The number of halogens is 2. The van der Waals surface area contributed by atoms with Gasteiger partial charge in [-0.15, -0.1) is 0 Å². The average Bonchev–Trinajstić information content (AvgIpc) is 2.96. The Morgan fingerprint density at radius 2 is 1.68 bits per heavy atom. The highest BCUT2D eigenvalue weighted by molar-refractivity contribution is 14.1. The van der Waals surface area contributed by atoms with Gasteiger partial charge < -0.3 is 19.5 Å². The van der Waals surface area contributed by atoms with Crippen LogP contribution in [0.3, 0.4) is 0 Å². The van der Waals surface area contributed by atoms with Gasteiger partial charge in [-0.2, -0.15) is 5.26 Å². The number of rotatable bonds is 11. The molecule has 0 spiro atoms. The summed E-state index contributed by atoms with van der Waals surface area (Å²) in [6.45, 7) is 2.67. The molecule has 8 heteroatoms. The molecule has 1 N–H and O–H groups in total. The second kappa shape index (κ2) is 14.1. The van der Waals surface area contributed by atoms with Crippen molar-refractivity contribution in [3.05, 3.63) is 123 Å². The van der Waals surface area contributed by atoms with E-state index in [2.05, 4.69) is 27.9 Å². The van der Waals surface area contributed by atoms with Gasteiger partial charge in [0.05, 0.1) is 10.2 Å². The predicted molar refractivity (Wildman–Crippen MR) is 160 cm³/mol. The van der Waals surface area contributed by atoms with E-state index in [0.29, 0.717) is 50.8 Å². The quantitative estimate of drug-likeness (QED) is 0.103. The van der Waals surface area contributed by atoms with Crippen molar-refractivity contribution in [2.24, 2.45) is 0 Å². The summed E-state index contributed by atoms with van der Waals surface area (Å²) in [5, 5.41) is 12.4. The molecule has 0 aliphatic rings. The van der Waals surface area contributed by atoms with Crippen LogP contribution in [0.1, 0.15) is 23.6 Å². The second-order valence-corrected chi connectivity index (χ2v) is 9.73. The van der Waals surface area contributed by atoms with Gasteiger partial charge >= 0.3 is 0 Å². The van der Waals surface area contributed by atoms with Crippen LogP contribution in [0, 0.1) is 20.7 Å². The SMILES string of the molecule is CCOc1cc(/C=C(\C#N)C(=O)Nc2ccc(OCc3ccccc3)cc2)cc(I)c1OCc1ccccc1F. The Labute approximate surface area is 246 Å². The lowest BCUT2D eigenvalue weighted by Crippen LogP contribution is -2.13. The molecule has 0 fully saturated rings. The Morgan fingerprint density at radius 3 is 2.38 bits per heavy atom. The van der Waals surface area contributed by atoms with E-state index in [0.717, 1.165) is 5.56 Å². The number of nitrogens with one attached hydrogen (secondary N) is 1. The first-order valence-corrected chi connectivity index (χ1v) is 13.6. The standard InChI is InChI=1S/C32H26FIN2O4/c1-2-38-30-18-23(17-29(34)31(30)40-21-24-10-6-7-11-28(24)33)16-25(19-35)32(37)36-26-12-14-27(15-13-26)39-20-22-8-4-3-5-9-22/h3-18H,2,20-21H2,1H3,(H,36,37)/b25-16+. The molecule has 0 atom stereocenters. The fourth-order valence-corrected chi connectivity index (χ4v) is 4.51. The van der Waals surface area contributed by atoms with Gasteiger partial charge in [-0.1, -0.05) is 48.5 Å². The number of benzene rings is 4. The normalized spacial score (nSPS) is 10.9. The Morgan fingerprint density at radius 1 is 0.950 bits per heavy atom. The molecule has 202 valence electrons. The number of nitrogens with zero attached hydrogens (tertiary/aromatic N) is 1. The summed E-state index contributed by atoms with van der Waals surface area (Å²) in [7, 11) is 0. The van der Waals surface area contributed by atoms with E-state index in [4.69, 9.17) is 14.2 Å². The number of carbonyl (C=O) groups is 1. The lowest BCUT2D eigenvalue weighted by Gasteiger charge is -2.15. The van der Waals surface area contributed by atoms with Crippen molar-refractivity contribution in [1.82, 2.24) is 0 Å². The molecular weight excluding hydrogens is 622 g/mol. The van der Waals surface area contributed by atoms with Gasteiger partial charge in [-0.25, -0.2) is 4.39 Å². The fraction of sp³-hybridized carbons (Fsp3) is 0.125. The molecule has 0 aliphatic heterocycles. The zero-order chi connectivity index (χ0) is 28.3. The lowest BCUT2D eigenvalue weighted by atomic mass is 10.1. The van der Waals surface area contributed by atoms with Crippen LogP contribution in [0.25, 0.3) is 6.08 Å². The minimum atomic E-state index is -0.548. The second-order valence-electron chi connectivity index (χ2n) is 8.57. The minimum Gasteiger partial charge on any atom is -0.490 e. The largest absolute Gasteiger partial charge is 0.490 e. The molecule has 0 heterocycles. The number of amides is 1. The number of nitriles is 1. The van der Waals surface area contributed by atoms with Crippen LogP contribution in [0.4, 0.5) is 10.1 Å².